The molecule has 0 aliphatic carbocycles. The molecular weight excluding hydrogens is 306 g/mol. The van der Waals surface area contributed by atoms with Gasteiger partial charge < -0.3 is 10.6 Å². The Balaban J connectivity index is 2.73. The number of carbonyl (C=O) groups is 2. The van der Waals surface area contributed by atoms with Gasteiger partial charge in [0.05, 0.1) is 0 Å². The molecule has 0 fully saturated rings. The van der Waals surface area contributed by atoms with Crippen molar-refractivity contribution in [2.24, 2.45) is 0 Å². The maximum absolute atomic E-state index is 12.0. The Kier molecular flexibility index (Phi) is 6.29. The Morgan fingerprint density at radius 3 is 2.24 bits per heavy atom. The van der Waals surface area contributed by atoms with E-state index in [0.717, 1.165) is 0 Å². The molecule has 0 saturated heterocycles. The van der Waals surface area contributed by atoms with Crippen LogP contribution in [0.25, 0.3) is 0 Å². The largest absolute Gasteiger partial charge is 0.349 e. The van der Waals surface area contributed by atoms with Crippen molar-refractivity contribution in [3.8, 4) is 0 Å². The quantitative estimate of drug-likeness (QED) is 0.602. The van der Waals surface area contributed by atoms with Crippen LogP contribution in [-0.2, 0) is 0 Å². The average molecular weight is 325 g/mol. The summed E-state index contributed by atoms with van der Waals surface area (Å²) in [7, 11) is 0. The molecule has 0 bridgehead atoms. The van der Waals surface area contributed by atoms with E-state index in [-0.39, 0.29) is 34.5 Å². The van der Waals surface area contributed by atoms with E-state index in [0.29, 0.717) is 11.4 Å². The van der Waals surface area contributed by atoms with Crippen LogP contribution in [-0.4, -0.2) is 34.6 Å². The summed E-state index contributed by atoms with van der Waals surface area (Å²) in [6, 6.07) is 4.70. The van der Waals surface area contributed by atoms with Gasteiger partial charge in [-0.05, 0) is 30.9 Å². The van der Waals surface area contributed by atoms with Crippen LogP contribution < -0.4 is 10.6 Å². The molecule has 0 spiro atoms. The number of hydrogen-bond donors (Lipinski definition) is 4. The fourth-order valence-corrected chi connectivity index (χ4v) is 1.51. The number of pyridine rings is 1. The Morgan fingerprint density at radius 2 is 1.76 bits per heavy atom. The first kappa shape index (κ1) is 17.6. The van der Waals surface area contributed by atoms with Crippen LogP contribution in [0.3, 0.4) is 0 Å². The normalized spacial score (nSPS) is 10.9. The first-order valence-electron chi connectivity index (χ1n) is 6.31. The molecule has 0 aromatic carbocycles. The van der Waals surface area contributed by atoms with Crippen LogP contribution >= 0.6 is 25.3 Å². The van der Waals surface area contributed by atoms with Crippen molar-refractivity contribution in [2.75, 3.05) is 13.1 Å². The van der Waals surface area contributed by atoms with Crippen molar-refractivity contribution in [2.45, 2.75) is 18.6 Å². The predicted octanol–water partition coefficient (Wildman–Crippen LogP) is 1.69. The number of aromatic nitrogens is 1. The molecular formula is C14H19N3O2S2. The fraction of sp³-hybridized carbons (Fsp3) is 0.357. The molecule has 114 valence electrons. The molecule has 0 atom stereocenters. The van der Waals surface area contributed by atoms with Gasteiger partial charge in [-0.25, -0.2) is 4.98 Å². The second-order valence-electron chi connectivity index (χ2n) is 5.15. The molecule has 0 unspecified atom stereocenters. The van der Waals surface area contributed by atoms with Gasteiger partial charge >= 0.3 is 0 Å². The van der Waals surface area contributed by atoms with Crippen molar-refractivity contribution in [3.63, 3.8) is 0 Å². The van der Waals surface area contributed by atoms with E-state index in [4.69, 9.17) is 0 Å². The van der Waals surface area contributed by atoms with Gasteiger partial charge in [0.1, 0.15) is 11.4 Å². The van der Waals surface area contributed by atoms with E-state index in [9.17, 15) is 9.59 Å². The van der Waals surface area contributed by atoms with Crippen molar-refractivity contribution in [1.29, 1.82) is 0 Å². The van der Waals surface area contributed by atoms with E-state index in [1.807, 2.05) is 13.8 Å². The molecule has 0 aliphatic rings. The number of hydrogen-bond acceptors (Lipinski definition) is 5. The molecule has 7 heteroatoms. The molecule has 2 N–H and O–H groups in total. The molecule has 1 aromatic rings. The second-order valence-corrected chi connectivity index (χ2v) is 7.00. The zero-order valence-electron chi connectivity index (χ0n) is 12.0. The fourth-order valence-electron chi connectivity index (χ4n) is 1.35. The lowest BCUT2D eigenvalue weighted by molar-refractivity contribution is 0.0943. The molecule has 21 heavy (non-hydrogen) atoms. The average Bonchev–Trinajstić information content (AvgIpc) is 2.41. The molecule has 1 heterocycles. The summed E-state index contributed by atoms with van der Waals surface area (Å²) < 4.78 is -0.322. The molecule has 0 aliphatic heterocycles. The topological polar surface area (TPSA) is 71.1 Å². The Bertz CT molecular complexity index is 553. The lowest BCUT2D eigenvalue weighted by atomic mass is 10.2. The van der Waals surface area contributed by atoms with Gasteiger partial charge in [0, 0.05) is 17.8 Å². The number of rotatable bonds is 6. The lowest BCUT2D eigenvalue weighted by Gasteiger charge is -2.17. The van der Waals surface area contributed by atoms with E-state index in [2.05, 4.69) is 47.5 Å². The molecule has 1 aromatic heterocycles. The smallest absolute Gasteiger partial charge is 0.270 e. The van der Waals surface area contributed by atoms with Gasteiger partial charge in [-0.3, -0.25) is 9.59 Å². The highest BCUT2D eigenvalue weighted by Crippen LogP contribution is 2.09. The molecule has 1 rings (SSSR count). The minimum atomic E-state index is -0.380. The monoisotopic (exact) mass is 325 g/mol. The van der Waals surface area contributed by atoms with Crippen LogP contribution in [0.4, 0.5) is 0 Å². The summed E-state index contributed by atoms with van der Waals surface area (Å²) in [5.41, 5.74) is 0.354. The third-order valence-corrected chi connectivity index (χ3v) is 2.67. The summed E-state index contributed by atoms with van der Waals surface area (Å²) in [5, 5.41) is 5.32. The Morgan fingerprint density at radius 1 is 1.24 bits per heavy atom. The Labute approximate surface area is 135 Å². The highest BCUT2D eigenvalue weighted by Gasteiger charge is 2.16. The highest BCUT2D eigenvalue weighted by molar-refractivity contribution is 7.84. The second kappa shape index (κ2) is 7.51. The molecule has 5 nitrogen and oxygen atoms in total. The minimum absolute atomic E-state index is 0.169. The number of nitrogens with one attached hydrogen (secondary N) is 2. The van der Waals surface area contributed by atoms with Crippen molar-refractivity contribution >= 4 is 37.1 Å². The maximum atomic E-state index is 12.0. The van der Waals surface area contributed by atoms with Gasteiger partial charge in [0.25, 0.3) is 11.8 Å². The van der Waals surface area contributed by atoms with Crippen LogP contribution in [0, 0.1) is 0 Å². The predicted molar refractivity (Wildman–Crippen MR) is 90.1 cm³/mol. The van der Waals surface area contributed by atoms with Gasteiger partial charge in [-0.2, -0.15) is 12.6 Å². The number of nitrogens with zero attached hydrogens (tertiary/aromatic N) is 1. The molecule has 2 amide bonds. The third kappa shape index (κ3) is 6.68. The van der Waals surface area contributed by atoms with Gasteiger partial charge in [-0.15, -0.1) is 12.6 Å². The van der Waals surface area contributed by atoms with E-state index in [1.165, 1.54) is 6.07 Å². The van der Waals surface area contributed by atoms with Crippen molar-refractivity contribution in [1.82, 2.24) is 15.6 Å². The van der Waals surface area contributed by atoms with Gasteiger partial charge in [0.15, 0.2) is 0 Å². The van der Waals surface area contributed by atoms with E-state index in [1.54, 1.807) is 12.1 Å². The summed E-state index contributed by atoms with van der Waals surface area (Å²) in [6.07, 6.45) is 0. The van der Waals surface area contributed by atoms with E-state index >= 15 is 0 Å². The first-order valence-corrected chi connectivity index (χ1v) is 7.21. The third-order valence-electron chi connectivity index (χ3n) is 2.35. The number of carbonyl (C=O) groups excluding carboxylic acids is 2. The van der Waals surface area contributed by atoms with Crippen molar-refractivity contribution in [3.05, 3.63) is 41.1 Å². The lowest BCUT2D eigenvalue weighted by Crippen LogP contribution is -2.35. The van der Waals surface area contributed by atoms with E-state index < -0.39 is 0 Å². The summed E-state index contributed by atoms with van der Waals surface area (Å²) in [6.45, 7) is 7.98. The summed E-state index contributed by atoms with van der Waals surface area (Å²) in [4.78, 5) is 28.4. The highest BCUT2D eigenvalue weighted by atomic mass is 32.1. The number of amides is 2. The zero-order chi connectivity index (χ0) is 16.0. The standard InChI is InChI=1S/C14H19N3O2S2/c1-9(20)7-15-12(18)10-5-4-6-11(17-10)13(19)16-8-14(2,3)21/h4-6,20-21H,1,7-8H2,2-3H3,(H,15,18)(H,16,19). The number of thiol groups is 2. The maximum Gasteiger partial charge on any atom is 0.270 e. The molecule has 0 saturated carbocycles. The zero-order valence-corrected chi connectivity index (χ0v) is 13.8. The van der Waals surface area contributed by atoms with Crippen LogP contribution in [0.1, 0.15) is 34.8 Å². The summed E-state index contributed by atoms with van der Waals surface area (Å²) in [5.74, 6) is -0.722. The van der Waals surface area contributed by atoms with Crippen LogP contribution in [0.5, 0.6) is 0 Å². The molecule has 0 radical (unpaired) electrons. The first-order chi connectivity index (χ1) is 9.69. The van der Waals surface area contributed by atoms with Crippen molar-refractivity contribution < 1.29 is 9.59 Å². The summed E-state index contributed by atoms with van der Waals surface area (Å²) >= 11 is 8.32. The SMILES string of the molecule is C=C(S)CNC(=O)c1cccc(C(=O)NCC(C)(C)S)n1. The minimum Gasteiger partial charge on any atom is -0.349 e. The van der Waals surface area contributed by atoms with Gasteiger partial charge in [-0.1, -0.05) is 12.6 Å². The Hall–Kier alpha value is -1.47. The van der Waals surface area contributed by atoms with Gasteiger partial charge in [0.2, 0.25) is 0 Å². The van der Waals surface area contributed by atoms with Crippen LogP contribution in [0.2, 0.25) is 0 Å². The van der Waals surface area contributed by atoms with Crippen LogP contribution in [0.15, 0.2) is 29.7 Å².